The number of amides is 2. The fourth-order valence-corrected chi connectivity index (χ4v) is 8.30. The molecule has 0 spiro atoms. The smallest absolute Gasteiger partial charge is 0.408 e. The summed E-state index contributed by atoms with van der Waals surface area (Å²) in [6.07, 6.45) is -4.48. The number of ether oxygens (including phenoxy) is 9. The topological polar surface area (TPSA) is 202 Å². The molecule has 352 valence electrons. The molecule has 1 saturated carbocycles. The molecule has 0 radical (unpaired) electrons. The molecule has 1 aliphatic carbocycles. The molecule has 0 bridgehead atoms. The lowest BCUT2D eigenvalue weighted by Crippen LogP contribution is -2.63. The van der Waals surface area contributed by atoms with Crippen LogP contribution in [0.1, 0.15) is 50.3 Å². The van der Waals surface area contributed by atoms with Crippen LogP contribution in [-0.4, -0.2) is 121 Å². The van der Waals surface area contributed by atoms with Gasteiger partial charge in [0.25, 0.3) is 0 Å². The zero-order valence-electron chi connectivity index (χ0n) is 36.9. The molecule has 15 unspecified atom stereocenters. The molecule has 1 saturated heterocycles. The maximum Gasteiger partial charge on any atom is 0.408 e. The predicted molar refractivity (Wildman–Crippen MR) is 234 cm³/mol. The Kier molecular flexibility index (Phi) is 17.5. The van der Waals surface area contributed by atoms with Crippen LogP contribution >= 0.6 is 0 Å². The normalized spacial score (nSPS) is 33.3. The second kappa shape index (κ2) is 23.6. The molecule has 15 atom stereocenters. The molecule has 2 amide bonds. The molecular formula is C49H62N2O14. The molecule has 65 heavy (non-hydrogen) atoms. The number of nitrogens with one attached hydrogen (secondary N) is 2. The van der Waals surface area contributed by atoms with Crippen molar-refractivity contribution in [3.8, 4) is 0 Å². The first-order valence-corrected chi connectivity index (χ1v) is 22.4. The predicted octanol–water partition coefficient (Wildman–Crippen LogP) is 5.04. The molecule has 2 fully saturated rings. The van der Waals surface area contributed by atoms with Crippen LogP contribution in [-0.2, 0) is 62.5 Å². The van der Waals surface area contributed by atoms with Gasteiger partial charge in [-0.25, -0.2) is 9.59 Å². The monoisotopic (exact) mass is 902 g/mol. The summed E-state index contributed by atoms with van der Waals surface area (Å²) in [5, 5.41) is 40.0. The molecule has 3 aromatic carbocycles. The summed E-state index contributed by atoms with van der Waals surface area (Å²) in [4.78, 5) is 26.4. The third kappa shape index (κ3) is 13.2. The lowest BCUT2D eigenvalue weighted by molar-refractivity contribution is -0.288. The second-order valence-electron chi connectivity index (χ2n) is 16.9. The van der Waals surface area contributed by atoms with E-state index >= 15 is 0 Å². The van der Waals surface area contributed by atoms with E-state index in [1.165, 1.54) is 0 Å². The van der Waals surface area contributed by atoms with Crippen LogP contribution in [0.25, 0.3) is 0 Å². The minimum absolute atomic E-state index is 0.00576. The number of alkyl carbamates (subject to hydrolysis) is 2. The number of hydrogen-bond donors (Lipinski definition) is 5. The highest BCUT2D eigenvalue weighted by Crippen LogP contribution is 2.37. The maximum atomic E-state index is 13.2. The van der Waals surface area contributed by atoms with Crippen LogP contribution in [0.5, 0.6) is 0 Å². The van der Waals surface area contributed by atoms with E-state index in [0.717, 1.165) is 16.7 Å². The standard InChI is InChI=1S/C49H62N2O14/c1-4-35-21-20-30(2)45(60-35)64-43-39(25-52)62-47(41(43)54)65-44-40(53)38(51-49(56)59-28-34-18-12-7-13-19-34)24-31(3)42(44)63-46-37(50-48(55)58-27-33-16-10-6-11-17-33)23-22-36(61-46)29-57-26-32-14-8-5-9-15-32/h5-23,30-31,35-47,52-54H,4,24-29H2,1-3H3,(H,50,55)(H,51,56). The van der Waals surface area contributed by atoms with E-state index in [0.29, 0.717) is 13.0 Å². The van der Waals surface area contributed by atoms with Crippen molar-refractivity contribution in [2.45, 2.75) is 133 Å². The van der Waals surface area contributed by atoms with Crippen molar-refractivity contribution in [3.63, 3.8) is 0 Å². The lowest BCUT2D eigenvalue weighted by Gasteiger charge is -2.46. The van der Waals surface area contributed by atoms with Crippen LogP contribution in [0.3, 0.4) is 0 Å². The van der Waals surface area contributed by atoms with Gasteiger partial charge in [0.15, 0.2) is 18.9 Å². The van der Waals surface area contributed by atoms with E-state index in [2.05, 4.69) is 10.6 Å². The van der Waals surface area contributed by atoms with Crippen LogP contribution < -0.4 is 10.6 Å². The van der Waals surface area contributed by atoms with Crippen LogP contribution in [0.2, 0.25) is 0 Å². The Labute approximate surface area is 379 Å². The summed E-state index contributed by atoms with van der Waals surface area (Å²) in [5.74, 6) is -0.616. The van der Waals surface area contributed by atoms with E-state index in [1.807, 2.05) is 124 Å². The highest BCUT2D eigenvalue weighted by atomic mass is 16.8. The third-order valence-electron chi connectivity index (χ3n) is 11.9. The first kappa shape index (κ1) is 48.2. The van der Waals surface area contributed by atoms with Gasteiger partial charge in [-0.1, -0.05) is 136 Å². The van der Waals surface area contributed by atoms with E-state index in [4.69, 9.17) is 42.6 Å². The number of carbonyl (C=O) groups excluding carboxylic acids is 2. The summed E-state index contributed by atoms with van der Waals surface area (Å²) in [6, 6.07) is 26.4. The number of benzene rings is 3. The SMILES string of the molecule is CCC1C=CC(C)C(OC2C(CO)OC(OC3C(O)C(NC(=O)OCc4ccccc4)CC(C)C3OC3OC(COCc4ccccc4)C=CC3NC(=O)OCc3ccccc3)C2O)O1. The first-order chi connectivity index (χ1) is 31.6. The van der Waals surface area contributed by atoms with Crippen molar-refractivity contribution in [3.05, 3.63) is 132 Å². The average Bonchev–Trinajstić information content (AvgIpc) is 3.62. The molecule has 4 aliphatic rings. The molecule has 3 heterocycles. The average molecular weight is 903 g/mol. The minimum atomic E-state index is -1.45. The minimum Gasteiger partial charge on any atom is -0.445 e. The van der Waals surface area contributed by atoms with Gasteiger partial charge in [0.1, 0.15) is 55.9 Å². The van der Waals surface area contributed by atoms with Gasteiger partial charge in [-0.05, 0) is 35.4 Å². The van der Waals surface area contributed by atoms with Gasteiger partial charge in [0.05, 0.1) is 38.1 Å². The largest absolute Gasteiger partial charge is 0.445 e. The van der Waals surface area contributed by atoms with Crippen molar-refractivity contribution in [1.82, 2.24) is 10.6 Å². The van der Waals surface area contributed by atoms with Gasteiger partial charge in [-0.3, -0.25) is 0 Å². The first-order valence-electron chi connectivity index (χ1n) is 22.4. The van der Waals surface area contributed by atoms with Gasteiger partial charge in [0, 0.05) is 5.92 Å². The Morgan fingerprint density at radius 1 is 0.631 bits per heavy atom. The molecule has 16 nitrogen and oxygen atoms in total. The number of rotatable bonds is 18. The quantitative estimate of drug-likeness (QED) is 0.106. The van der Waals surface area contributed by atoms with E-state index in [-0.39, 0.29) is 38.3 Å². The number of aliphatic hydroxyl groups is 3. The van der Waals surface area contributed by atoms with Crippen molar-refractivity contribution >= 4 is 12.2 Å². The van der Waals surface area contributed by atoms with Crippen molar-refractivity contribution in [2.75, 3.05) is 13.2 Å². The Hall–Kier alpha value is -4.72. The van der Waals surface area contributed by atoms with Crippen LogP contribution in [0.4, 0.5) is 9.59 Å². The molecule has 0 aromatic heterocycles. The van der Waals surface area contributed by atoms with Gasteiger partial charge >= 0.3 is 12.2 Å². The fourth-order valence-electron chi connectivity index (χ4n) is 8.30. The molecule has 7 rings (SSSR count). The van der Waals surface area contributed by atoms with Gasteiger partial charge in [-0.2, -0.15) is 0 Å². The number of aliphatic hydroxyl groups excluding tert-OH is 3. The second-order valence-corrected chi connectivity index (χ2v) is 16.9. The lowest BCUT2D eigenvalue weighted by atomic mass is 9.80. The Morgan fingerprint density at radius 3 is 1.80 bits per heavy atom. The molecule has 16 heteroatoms. The van der Waals surface area contributed by atoms with Crippen molar-refractivity contribution in [1.29, 1.82) is 0 Å². The maximum absolute atomic E-state index is 13.2. The van der Waals surface area contributed by atoms with Gasteiger partial charge in [-0.15, -0.1) is 0 Å². The Balaban J connectivity index is 1.10. The number of carbonyl (C=O) groups is 2. The molecular weight excluding hydrogens is 841 g/mol. The summed E-state index contributed by atoms with van der Waals surface area (Å²) >= 11 is 0. The highest BCUT2D eigenvalue weighted by Gasteiger charge is 2.53. The van der Waals surface area contributed by atoms with E-state index in [9.17, 15) is 24.9 Å². The van der Waals surface area contributed by atoms with E-state index in [1.54, 1.807) is 12.2 Å². The summed E-state index contributed by atoms with van der Waals surface area (Å²) < 4.78 is 55.3. The van der Waals surface area contributed by atoms with Crippen LogP contribution in [0.15, 0.2) is 115 Å². The van der Waals surface area contributed by atoms with Crippen molar-refractivity contribution in [2.24, 2.45) is 11.8 Å². The summed E-state index contributed by atoms with van der Waals surface area (Å²) in [6.45, 7) is 5.78. The molecule has 3 aliphatic heterocycles. The van der Waals surface area contributed by atoms with E-state index < -0.39 is 98.4 Å². The fraction of sp³-hybridized carbons (Fsp3) is 0.510. The van der Waals surface area contributed by atoms with Crippen LogP contribution in [0, 0.1) is 11.8 Å². The molecule has 5 N–H and O–H groups in total. The highest BCUT2D eigenvalue weighted by molar-refractivity contribution is 5.68. The third-order valence-corrected chi connectivity index (χ3v) is 11.9. The zero-order valence-corrected chi connectivity index (χ0v) is 36.9. The Morgan fingerprint density at radius 2 is 1.18 bits per heavy atom. The van der Waals surface area contributed by atoms with Crippen molar-refractivity contribution < 1.29 is 67.5 Å². The summed E-state index contributed by atoms with van der Waals surface area (Å²) in [5.41, 5.74) is 2.56. The Bertz CT molecular complexity index is 1980. The number of hydrogen-bond acceptors (Lipinski definition) is 14. The van der Waals surface area contributed by atoms with Gasteiger partial charge < -0.3 is 68.6 Å². The zero-order chi connectivity index (χ0) is 45.7. The molecule has 3 aromatic rings. The van der Waals surface area contributed by atoms with Gasteiger partial charge in [0.2, 0.25) is 0 Å². The summed E-state index contributed by atoms with van der Waals surface area (Å²) in [7, 11) is 0.